The molecular weight excluding hydrogens is 427 g/mol. The van der Waals surface area contributed by atoms with E-state index in [0.29, 0.717) is 4.47 Å². The second-order valence-corrected chi connectivity index (χ2v) is 6.26. The van der Waals surface area contributed by atoms with Gasteiger partial charge in [0, 0.05) is 20.2 Å². The molecule has 1 N–H and O–H groups in total. The number of benzene rings is 2. The molecule has 0 aliphatic heterocycles. The van der Waals surface area contributed by atoms with E-state index in [9.17, 15) is 8.78 Å². The molecule has 19 heavy (non-hydrogen) atoms. The van der Waals surface area contributed by atoms with Gasteiger partial charge in [-0.05, 0) is 69.2 Å². The fourth-order valence-electron chi connectivity index (χ4n) is 1.73. The molecule has 2 rings (SSSR count). The van der Waals surface area contributed by atoms with Gasteiger partial charge in [0.1, 0.15) is 11.6 Å². The Hall–Kier alpha value is -0.690. The van der Waals surface area contributed by atoms with Crippen molar-refractivity contribution in [1.29, 1.82) is 0 Å². The fourth-order valence-corrected chi connectivity index (χ4v) is 2.61. The molecule has 0 saturated heterocycles. The lowest BCUT2D eigenvalue weighted by atomic mass is 10.1. The minimum absolute atomic E-state index is 0.0757. The maximum absolute atomic E-state index is 13.7. The third kappa shape index (κ3) is 3.66. The van der Waals surface area contributed by atoms with E-state index in [1.54, 1.807) is 0 Å². The summed E-state index contributed by atoms with van der Waals surface area (Å²) in [6.07, 6.45) is 0. The smallest absolute Gasteiger partial charge is 0.150 e. The molecule has 1 unspecified atom stereocenters. The molecular formula is C14H11BrF2IN. The predicted octanol–water partition coefficient (Wildman–Crippen LogP) is 5.51. The maximum atomic E-state index is 13.7. The summed E-state index contributed by atoms with van der Waals surface area (Å²) in [5.74, 6) is -1.21. The lowest BCUT2D eigenvalue weighted by Gasteiger charge is -2.17. The molecule has 0 aromatic heterocycles. The minimum atomic E-state index is -0.607. The Morgan fingerprint density at radius 2 is 1.79 bits per heavy atom. The topological polar surface area (TPSA) is 12.0 Å². The first kappa shape index (κ1) is 14.7. The van der Waals surface area contributed by atoms with Crippen molar-refractivity contribution < 1.29 is 8.78 Å². The van der Waals surface area contributed by atoms with Crippen LogP contribution in [0.25, 0.3) is 0 Å². The normalized spacial score (nSPS) is 12.3. The van der Waals surface area contributed by atoms with Gasteiger partial charge in [0.2, 0.25) is 0 Å². The van der Waals surface area contributed by atoms with Crippen LogP contribution in [0, 0.1) is 15.2 Å². The quantitative estimate of drug-likeness (QED) is 0.624. The SMILES string of the molecule is CC(Nc1c(F)cc(F)cc1Br)c1ccc(I)cc1. The fraction of sp³-hybridized carbons (Fsp3) is 0.143. The monoisotopic (exact) mass is 437 g/mol. The van der Waals surface area contributed by atoms with Crippen molar-refractivity contribution in [3.05, 3.63) is 61.6 Å². The Morgan fingerprint density at radius 3 is 2.37 bits per heavy atom. The van der Waals surface area contributed by atoms with Crippen molar-refractivity contribution >= 4 is 44.2 Å². The van der Waals surface area contributed by atoms with E-state index >= 15 is 0 Å². The van der Waals surface area contributed by atoms with Crippen molar-refractivity contribution in [2.75, 3.05) is 5.32 Å². The van der Waals surface area contributed by atoms with Gasteiger partial charge >= 0.3 is 0 Å². The van der Waals surface area contributed by atoms with Gasteiger partial charge in [-0.15, -0.1) is 0 Å². The van der Waals surface area contributed by atoms with Crippen molar-refractivity contribution in [2.45, 2.75) is 13.0 Å². The first-order valence-electron chi connectivity index (χ1n) is 5.64. The molecule has 0 amide bonds. The Morgan fingerprint density at radius 1 is 1.16 bits per heavy atom. The molecule has 0 aliphatic carbocycles. The van der Waals surface area contributed by atoms with Crippen LogP contribution in [-0.4, -0.2) is 0 Å². The number of halogens is 4. The van der Waals surface area contributed by atoms with Gasteiger partial charge in [-0.1, -0.05) is 12.1 Å². The van der Waals surface area contributed by atoms with E-state index in [1.807, 2.05) is 31.2 Å². The zero-order valence-corrected chi connectivity index (χ0v) is 13.8. The summed E-state index contributed by atoms with van der Waals surface area (Å²) < 4.78 is 28.3. The number of hydrogen-bond acceptors (Lipinski definition) is 1. The molecule has 5 heteroatoms. The second-order valence-electron chi connectivity index (χ2n) is 4.16. The number of hydrogen-bond donors (Lipinski definition) is 1. The molecule has 0 radical (unpaired) electrons. The average Bonchev–Trinajstić information content (AvgIpc) is 2.34. The summed E-state index contributed by atoms with van der Waals surface area (Å²) in [5.41, 5.74) is 1.31. The first-order chi connectivity index (χ1) is 8.97. The standard InChI is InChI=1S/C14H11BrF2IN/c1-8(9-2-4-11(18)5-3-9)19-14-12(15)6-10(16)7-13(14)17/h2-8,19H,1H3. The van der Waals surface area contributed by atoms with E-state index in [1.165, 1.54) is 6.07 Å². The van der Waals surface area contributed by atoms with Crippen LogP contribution in [0.2, 0.25) is 0 Å². The van der Waals surface area contributed by atoms with E-state index in [2.05, 4.69) is 43.8 Å². The zero-order valence-electron chi connectivity index (χ0n) is 10.1. The van der Waals surface area contributed by atoms with Crippen LogP contribution in [0.3, 0.4) is 0 Å². The third-order valence-electron chi connectivity index (χ3n) is 2.74. The van der Waals surface area contributed by atoms with Gasteiger partial charge in [0.25, 0.3) is 0 Å². The van der Waals surface area contributed by atoms with E-state index in [4.69, 9.17) is 0 Å². The van der Waals surface area contributed by atoms with E-state index in [0.717, 1.165) is 15.2 Å². The number of nitrogens with one attached hydrogen (secondary N) is 1. The molecule has 1 nitrogen and oxygen atoms in total. The third-order valence-corrected chi connectivity index (χ3v) is 4.08. The van der Waals surface area contributed by atoms with Gasteiger partial charge in [-0.25, -0.2) is 8.78 Å². The molecule has 0 spiro atoms. The highest BCUT2D eigenvalue weighted by atomic mass is 127. The number of anilines is 1. The summed E-state index contributed by atoms with van der Waals surface area (Å²) in [7, 11) is 0. The summed E-state index contributed by atoms with van der Waals surface area (Å²) in [6.45, 7) is 1.93. The largest absolute Gasteiger partial charge is 0.375 e. The van der Waals surface area contributed by atoms with Gasteiger partial charge < -0.3 is 5.32 Å². The van der Waals surface area contributed by atoms with Gasteiger partial charge in [-0.3, -0.25) is 0 Å². The van der Waals surface area contributed by atoms with E-state index in [-0.39, 0.29) is 11.7 Å². The Labute approximate surface area is 132 Å². The molecule has 0 heterocycles. The van der Waals surface area contributed by atoms with Gasteiger partial charge in [0.05, 0.1) is 5.69 Å². The Kier molecular flexibility index (Phi) is 4.78. The molecule has 2 aromatic rings. The lowest BCUT2D eigenvalue weighted by Crippen LogP contribution is -2.08. The first-order valence-corrected chi connectivity index (χ1v) is 7.51. The van der Waals surface area contributed by atoms with Gasteiger partial charge in [-0.2, -0.15) is 0 Å². The maximum Gasteiger partial charge on any atom is 0.150 e. The van der Waals surface area contributed by atoms with Crippen LogP contribution in [0.4, 0.5) is 14.5 Å². The summed E-state index contributed by atoms with van der Waals surface area (Å²) >= 11 is 5.40. The van der Waals surface area contributed by atoms with Crippen LogP contribution in [0.15, 0.2) is 40.9 Å². The number of rotatable bonds is 3. The molecule has 1 atom stereocenters. The molecule has 100 valence electrons. The summed E-state index contributed by atoms with van der Waals surface area (Å²) in [4.78, 5) is 0. The summed E-state index contributed by atoms with van der Waals surface area (Å²) in [5, 5.41) is 3.05. The Bertz CT molecular complexity index is 563. The van der Waals surface area contributed by atoms with Crippen molar-refractivity contribution in [2.24, 2.45) is 0 Å². The molecule has 2 aromatic carbocycles. The van der Waals surface area contributed by atoms with Crippen LogP contribution in [0.1, 0.15) is 18.5 Å². The highest BCUT2D eigenvalue weighted by Gasteiger charge is 2.13. The predicted molar refractivity (Wildman–Crippen MR) is 85.3 cm³/mol. The molecule has 0 saturated carbocycles. The van der Waals surface area contributed by atoms with Gasteiger partial charge in [0.15, 0.2) is 0 Å². The Balaban J connectivity index is 2.24. The van der Waals surface area contributed by atoms with Crippen molar-refractivity contribution in [3.63, 3.8) is 0 Å². The summed E-state index contributed by atoms with van der Waals surface area (Å²) in [6, 6.07) is 9.98. The van der Waals surface area contributed by atoms with Crippen molar-refractivity contribution in [3.8, 4) is 0 Å². The minimum Gasteiger partial charge on any atom is -0.375 e. The highest BCUT2D eigenvalue weighted by molar-refractivity contribution is 14.1. The molecule has 0 bridgehead atoms. The highest BCUT2D eigenvalue weighted by Crippen LogP contribution is 2.30. The van der Waals surface area contributed by atoms with E-state index < -0.39 is 11.6 Å². The van der Waals surface area contributed by atoms with Crippen LogP contribution >= 0.6 is 38.5 Å². The van der Waals surface area contributed by atoms with Crippen LogP contribution in [0.5, 0.6) is 0 Å². The van der Waals surface area contributed by atoms with Crippen molar-refractivity contribution in [1.82, 2.24) is 0 Å². The lowest BCUT2D eigenvalue weighted by molar-refractivity contribution is 0.582. The van der Waals surface area contributed by atoms with Crippen LogP contribution < -0.4 is 5.32 Å². The average molecular weight is 438 g/mol. The van der Waals surface area contributed by atoms with Crippen LogP contribution in [-0.2, 0) is 0 Å². The zero-order chi connectivity index (χ0) is 14.0. The molecule has 0 aliphatic rings. The second kappa shape index (κ2) is 6.17. The molecule has 0 fully saturated rings.